The van der Waals surface area contributed by atoms with E-state index < -0.39 is 0 Å². The molecule has 1 aromatic carbocycles. The summed E-state index contributed by atoms with van der Waals surface area (Å²) < 4.78 is 10.6. The van der Waals surface area contributed by atoms with Crippen LogP contribution in [0.1, 0.15) is 12.0 Å². The number of hydrogen-bond donors (Lipinski definition) is 2. The van der Waals surface area contributed by atoms with Gasteiger partial charge in [-0.3, -0.25) is 15.7 Å². The Morgan fingerprint density at radius 1 is 1.19 bits per heavy atom. The van der Waals surface area contributed by atoms with Crippen LogP contribution in [0.4, 0.5) is 5.69 Å². The molecule has 5 heteroatoms. The van der Waals surface area contributed by atoms with Crippen LogP contribution in [-0.4, -0.2) is 19.0 Å². The third-order valence-electron chi connectivity index (χ3n) is 2.88. The van der Waals surface area contributed by atoms with Crippen molar-refractivity contribution in [1.82, 2.24) is 0 Å². The van der Waals surface area contributed by atoms with Crippen LogP contribution in [0.5, 0.6) is 11.5 Å². The van der Waals surface area contributed by atoms with Crippen LogP contribution in [0.2, 0.25) is 0 Å². The summed E-state index contributed by atoms with van der Waals surface area (Å²) in [4.78, 5) is 1.57. The van der Waals surface area contributed by atoms with E-state index in [2.05, 4.69) is 0 Å². The molecule has 2 aliphatic heterocycles. The first kappa shape index (κ1) is 9.21. The number of ether oxygens (including phenoxy) is 2. The van der Waals surface area contributed by atoms with Crippen molar-refractivity contribution in [3.05, 3.63) is 17.7 Å². The minimum absolute atomic E-state index is 0.250. The average Bonchev–Trinajstić information content (AvgIpc) is 2.73. The highest BCUT2D eigenvalue weighted by molar-refractivity contribution is 6.11. The smallest absolute Gasteiger partial charge is 0.231 e. The second-order valence-corrected chi connectivity index (χ2v) is 3.78. The molecule has 0 fully saturated rings. The summed E-state index contributed by atoms with van der Waals surface area (Å²) in [5.74, 6) is 1.90. The maximum atomic E-state index is 7.78. The predicted molar refractivity (Wildman–Crippen MR) is 59.9 cm³/mol. The van der Waals surface area contributed by atoms with Crippen LogP contribution in [0.15, 0.2) is 12.1 Å². The molecule has 0 unspecified atom stereocenters. The second-order valence-electron chi connectivity index (χ2n) is 3.78. The summed E-state index contributed by atoms with van der Waals surface area (Å²) >= 11 is 0. The van der Waals surface area contributed by atoms with E-state index in [9.17, 15) is 0 Å². The fraction of sp³-hybridized carbons (Fsp3) is 0.273. The van der Waals surface area contributed by atoms with E-state index in [1.165, 1.54) is 6.34 Å². The molecule has 0 amide bonds. The summed E-state index contributed by atoms with van der Waals surface area (Å²) in [5.41, 5.74) is 1.96. The van der Waals surface area contributed by atoms with Crippen molar-refractivity contribution in [3.63, 3.8) is 0 Å². The number of fused-ring (bicyclic) bond motifs is 2. The molecule has 0 radical (unpaired) electrons. The minimum atomic E-state index is 0.250. The number of hydrogen-bond acceptors (Lipinski definition) is 4. The van der Waals surface area contributed by atoms with Crippen LogP contribution >= 0.6 is 0 Å². The highest BCUT2D eigenvalue weighted by Crippen LogP contribution is 2.40. The van der Waals surface area contributed by atoms with Crippen molar-refractivity contribution in [2.24, 2.45) is 0 Å². The lowest BCUT2D eigenvalue weighted by molar-refractivity contribution is 0.174. The lowest BCUT2D eigenvalue weighted by Gasteiger charge is -2.27. The number of rotatable bonds is 1. The molecule has 2 aliphatic rings. The number of benzene rings is 1. The predicted octanol–water partition coefficient (Wildman–Crippen LogP) is 1.75. The Morgan fingerprint density at radius 3 is 2.69 bits per heavy atom. The number of anilines is 1. The molecule has 0 bridgehead atoms. The van der Waals surface area contributed by atoms with E-state index in [-0.39, 0.29) is 6.79 Å². The third kappa shape index (κ3) is 1.18. The Hall–Kier alpha value is -2.04. The summed E-state index contributed by atoms with van der Waals surface area (Å²) in [7, 11) is 0. The van der Waals surface area contributed by atoms with Gasteiger partial charge >= 0.3 is 0 Å². The van der Waals surface area contributed by atoms with Gasteiger partial charge < -0.3 is 9.47 Å². The van der Waals surface area contributed by atoms with E-state index in [0.717, 1.165) is 23.4 Å². The standard InChI is InChI=1S/C11H11N3O2/c12-5-14-8-4-10-9(15-6-16-10)3-7(8)1-2-11(14)13/h3-5,12-13H,1-2,6H2. The zero-order chi connectivity index (χ0) is 11.1. The summed E-state index contributed by atoms with van der Waals surface area (Å²) in [5, 5.41) is 15.1. The van der Waals surface area contributed by atoms with Crippen LogP contribution < -0.4 is 14.4 Å². The Balaban J connectivity index is 2.14. The first-order chi connectivity index (χ1) is 7.79. The average molecular weight is 217 g/mol. The molecular formula is C11H11N3O2. The monoisotopic (exact) mass is 217 g/mol. The van der Waals surface area contributed by atoms with Crippen molar-refractivity contribution < 1.29 is 9.47 Å². The Kier molecular flexibility index (Phi) is 1.86. The number of amidine groups is 1. The van der Waals surface area contributed by atoms with Crippen molar-refractivity contribution in [1.29, 1.82) is 10.8 Å². The summed E-state index contributed by atoms with van der Waals surface area (Å²) in [6.07, 6.45) is 2.64. The minimum Gasteiger partial charge on any atom is -0.454 e. The topological polar surface area (TPSA) is 69.4 Å². The maximum Gasteiger partial charge on any atom is 0.231 e. The molecule has 2 heterocycles. The first-order valence-corrected chi connectivity index (χ1v) is 5.09. The molecule has 2 N–H and O–H groups in total. The van der Waals surface area contributed by atoms with Gasteiger partial charge in [-0.25, -0.2) is 0 Å². The molecule has 0 spiro atoms. The van der Waals surface area contributed by atoms with E-state index in [4.69, 9.17) is 20.3 Å². The normalized spacial score (nSPS) is 17.2. The Morgan fingerprint density at radius 2 is 1.94 bits per heavy atom. The maximum absolute atomic E-state index is 7.78. The lowest BCUT2D eigenvalue weighted by atomic mass is 10.0. The van der Waals surface area contributed by atoms with E-state index in [0.29, 0.717) is 18.0 Å². The van der Waals surface area contributed by atoms with Gasteiger partial charge in [-0.1, -0.05) is 0 Å². The van der Waals surface area contributed by atoms with Gasteiger partial charge in [-0.05, 0) is 18.1 Å². The first-order valence-electron chi connectivity index (χ1n) is 5.09. The molecule has 0 atom stereocenters. The fourth-order valence-corrected chi connectivity index (χ4v) is 2.06. The molecule has 5 nitrogen and oxygen atoms in total. The molecular weight excluding hydrogens is 206 g/mol. The largest absolute Gasteiger partial charge is 0.454 e. The summed E-state index contributed by atoms with van der Waals surface area (Å²) in [6, 6.07) is 3.79. The zero-order valence-corrected chi connectivity index (χ0v) is 8.62. The van der Waals surface area contributed by atoms with Gasteiger partial charge in [-0.15, -0.1) is 0 Å². The van der Waals surface area contributed by atoms with Crippen molar-refractivity contribution in [3.8, 4) is 11.5 Å². The van der Waals surface area contributed by atoms with Crippen molar-refractivity contribution >= 4 is 17.9 Å². The number of nitrogens with one attached hydrogen (secondary N) is 2. The molecule has 16 heavy (non-hydrogen) atoms. The molecule has 82 valence electrons. The Labute approximate surface area is 92.6 Å². The van der Waals surface area contributed by atoms with Gasteiger partial charge in [0.15, 0.2) is 11.5 Å². The van der Waals surface area contributed by atoms with E-state index in [1.54, 1.807) is 4.90 Å². The van der Waals surface area contributed by atoms with Gasteiger partial charge in [0.05, 0.1) is 12.0 Å². The zero-order valence-electron chi connectivity index (χ0n) is 8.62. The number of aryl methyl sites for hydroxylation is 1. The van der Waals surface area contributed by atoms with Gasteiger partial charge in [0, 0.05) is 12.5 Å². The number of nitrogens with zero attached hydrogens (tertiary/aromatic N) is 1. The van der Waals surface area contributed by atoms with Crippen LogP contribution in [0.3, 0.4) is 0 Å². The Bertz CT molecular complexity index is 484. The van der Waals surface area contributed by atoms with Crippen LogP contribution in [0.25, 0.3) is 0 Å². The molecule has 1 aromatic rings. The lowest BCUT2D eigenvalue weighted by Crippen LogP contribution is -2.32. The fourth-order valence-electron chi connectivity index (χ4n) is 2.06. The second kappa shape index (κ2) is 3.23. The van der Waals surface area contributed by atoms with Gasteiger partial charge in [-0.2, -0.15) is 0 Å². The van der Waals surface area contributed by atoms with E-state index >= 15 is 0 Å². The summed E-state index contributed by atoms with van der Waals surface area (Å²) in [6.45, 7) is 0.250. The molecule has 0 saturated carbocycles. The highest BCUT2D eigenvalue weighted by Gasteiger charge is 2.24. The molecule has 0 aliphatic carbocycles. The quantitative estimate of drug-likeness (QED) is 0.556. The third-order valence-corrected chi connectivity index (χ3v) is 2.88. The SMILES string of the molecule is N=CN1C(=N)CCc2cc3c(cc21)OCO3. The van der Waals surface area contributed by atoms with Crippen molar-refractivity contribution in [2.45, 2.75) is 12.8 Å². The van der Waals surface area contributed by atoms with E-state index in [1.807, 2.05) is 12.1 Å². The van der Waals surface area contributed by atoms with Crippen molar-refractivity contribution in [2.75, 3.05) is 11.7 Å². The molecule has 0 saturated heterocycles. The van der Waals surface area contributed by atoms with Gasteiger partial charge in [0.2, 0.25) is 6.79 Å². The highest BCUT2D eigenvalue weighted by atomic mass is 16.7. The van der Waals surface area contributed by atoms with Gasteiger partial charge in [0.25, 0.3) is 0 Å². The molecule has 0 aromatic heterocycles. The van der Waals surface area contributed by atoms with Crippen LogP contribution in [0, 0.1) is 10.8 Å². The van der Waals surface area contributed by atoms with Crippen LogP contribution in [-0.2, 0) is 6.42 Å². The van der Waals surface area contributed by atoms with Gasteiger partial charge in [0.1, 0.15) is 5.84 Å². The molecule has 3 rings (SSSR count).